The Kier molecular flexibility index (Phi) is 2.59. The lowest BCUT2D eigenvalue weighted by Gasteiger charge is -2.04. The van der Waals surface area contributed by atoms with Crippen molar-refractivity contribution in [3.8, 4) is 11.4 Å². The van der Waals surface area contributed by atoms with Crippen LogP contribution in [-0.2, 0) is 0 Å². The molecular weight excluding hydrogens is 226 g/mol. The number of nitrogens with one attached hydrogen (secondary N) is 1. The molecule has 3 aromatic rings. The van der Waals surface area contributed by atoms with E-state index < -0.39 is 0 Å². The molecule has 0 aliphatic heterocycles. The summed E-state index contributed by atoms with van der Waals surface area (Å²) in [5.41, 5.74) is 4.40. The van der Waals surface area contributed by atoms with Gasteiger partial charge in [-0.05, 0) is 24.3 Å². The van der Waals surface area contributed by atoms with Gasteiger partial charge >= 0.3 is 0 Å². The van der Waals surface area contributed by atoms with Crippen LogP contribution in [0.3, 0.4) is 0 Å². The molecule has 0 unspecified atom stereocenters. The average molecular weight is 237 g/mol. The monoisotopic (exact) mass is 237 g/mol. The highest BCUT2D eigenvalue weighted by Gasteiger charge is 2.03. The van der Waals surface area contributed by atoms with Crippen molar-refractivity contribution in [3.05, 3.63) is 48.8 Å². The number of nitrogens with two attached hydrogens (primary N) is 1. The molecule has 1 aromatic carbocycles. The van der Waals surface area contributed by atoms with Gasteiger partial charge in [0.15, 0.2) is 5.82 Å². The number of rotatable bonds is 2. The Bertz CT molecular complexity index is 696. The van der Waals surface area contributed by atoms with Crippen LogP contribution in [-0.4, -0.2) is 15.0 Å². The van der Waals surface area contributed by atoms with Gasteiger partial charge in [0.1, 0.15) is 5.82 Å². The van der Waals surface area contributed by atoms with Crippen molar-refractivity contribution in [1.29, 1.82) is 0 Å². The lowest BCUT2D eigenvalue weighted by molar-refractivity contribution is 1.15. The second-order valence-corrected chi connectivity index (χ2v) is 3.82. The molecule has 0 aliphatic rings. The van der Waals surface area contributed by atoms with Gasteiger partial charge in [-0.25, -0.2) is 15.8 Å². The quantitative estimate of drug-likeness (QED) is 0.526. The first kappa shape index (κ1) is 10.6. The minimum atomic E-state index is 0.589. The smallest absolute Gasteiger partial charge is 0.161 e. The maximum atomic E-state index is 5.34. The fraction of sp³-hybridized carbons (Fsp3) is 0. The Morgan fingerprint density at radius 3 is 2.83 bits per heavy atom. The third-order valence-electron chi connectivity index (χ3n) is 2.66. The van der Waals surface area contributed by atoms with E-state index in [2.05, 4.69) is 20.4 Å². The van der Waals surface area contributed by atoms with Crippen molar-refractivity contribution < 1.29 is 0 Å². The van der Waals surface area contributed by atoms with Gasteiger partial charge in [-0.1, -0.05) is 6.07 Å². The second-order valence-electron chi connectivity index (χ2n) is 3.82. The van der Waals surface area contributed by atoms with Gasteiger partial charge in [-0.2, -0.15) is 0 Å². The van der Waals surface area contributed by atoms with Gasteiger partial charge in [0.2, 0.25) is 0 Å². The summed E-state index contributed by atoms with van der Waals surface area (Å²) in [6.07, 6.45) is 3.45. The van der Waals surface area contributed by atoms with Crippen LogP contribution in [0, 0.1) is 0 Å². The van der Waals surface area contributed by atoms with Crippen LogP contribution in [0.1, 0.15) is 0 Å². The molecule has 0 aliphatic carbocycles. The largest absolute Gasteiger partial charge is 0.308 e. The number of hydrogen-bond acceptors (Lipinski definition) is 5. The molecule has 0 saturated heterocycles. The van der Waals surface area contributed by atoms with E-state index in [4.69, 9.17) is 5.84 Å². The molecule has 88 valence electrons. The zero-order valence-corrected chi connectivity index (χ0v) is 9.54. The highest BCUT2D eigenvalue weighted by Crippen LogP contribution is 2.21. The van der Waals surface area contributed by atoms with Crippen LogP contribution < -0.4 is 11.3 Å². The predicted molar refractivity (Wildman–Crippen MR) is 70.6 cm³/mol. The Labute approximate surface area is 104 Å². The Morgan fingerprint density at radius 2 is 1.94 bits per heavy atom. The fourth-order valence-corrected chi connectivity index (χ4v) is 1.79. The van der Waals surface area contributed by atoms with Crippen LogP contribution in [0.15, 0.2) is 48.8 Å². The van der Waals surface area contributed by atoms with E-state index in [1.807, 2.05) is 30.3 Å². The molecule has 0 fully saturated rings. The van der Waals surface area contributed by atoms with Gasteiger partial charge in [0.05, 0.1) is 5.52 Å². The van der Waals surface area contributed by atoms with E-state index in [1.165, 1.54) is 0 Å². The molecule has 0 amide bonds. The normalized spacial score (nSPS) is 10.5. The number of anilines is 1. The van der Waals surface area contributed by atoms with E-state index in [0.717, 1.165) is 16.5 Å². The van der Waals surface area contributed by atoms with Gasteiger partial charge in [0, 0.05) is 29.4 Å². The molecule has 0 saturated carbocycles. The van der Waals surface area contributed by atoms with Gasteiger partial charge in [-0.15, -0.1) is 0 Å². The van der Waals surface area contributed by atoms with E-state index in [9.17, 15) is 0 Å². The third-order valence-corrected chi connectivity index (χ3v) is 2.66. The SMILES string of the molecule is NNc1ccnc(-c2ccc3ncccc3c2)n1. The Balaban J connectivity index is 2.13. The van der Waals surface area contributed by atoms with Gasteiger partial charge < -0.3 is 5.43 Å². The highest BCUT2D eigenvalue weighted by molar-refractivity contribution is 5.83. The minimum Gasteiger partial charge on any atom is -0.308 e. The molecule has 0 spiro atoms. The maximum Gasteiger partial charge on any atom is 0.161 e. The van der Waals surface area contributed by atoms with Crippen molar-refractivity contribution in [2.75, 3.05) is 5.43 Å². The first-order valence-electron chi connectivity index (χ1n) is 5.51. The number of hydrazine groups is 1. The van der Waals surface area contributed by atoms with E-state index in [0.29, 0.717) is 11.6 Å². The molecule has 18 heavy (non-hydrogen) atoms. The summed E-state index contributed by atoms with van der Waals surface area (Å²) in [6, 6.07) is 11.5. The average Bonchev–Trinajstić information content (AvgIpc) is 2.47. The van der Waals surface area contributed by atoms with E-state index in [-0.39, 0.29) is 0 Å². The summed E-state index contributed by atoms with van der Waals surface area (Å²) in [5.74, 6) is 6.56. The standard InChI is InChI=1S/C13H11N5/c14-18-12-5-7-16-13(17-12)10-3-4-11-9(8-10)2-1-6-15-11/h1-8H,14H2,(H,16,17,18). The number of hydrogen-bond donors (Lipinski definition) is 2. The molecule has 3 N–H and O–H groups in total. The highest BCUT2D eigenvalue weighted by atomic mass is 15.3. The lowest BCUT2D eigenvalue weighted by Crippen LogP contribution is -2.09. The molecule has 0 bridgehead atoms. The van der Waals surface area contributed by atoms with Crippen molar-refractivity contribution >= 4 is 16.7 Å². The molecule has 0 radical (unpaired) electrons. The van der Waals surface area contributed by atoms with Crippen LogP contribution in [0.4, 0.5) is 5.82 Å². The molecule has 2 aromatic heterocycles. The van der Waals surface area contributed by atoms with Crippen LogP contribution >= 0.6 is 0 Å². The number of aromatic nitrogens is 3. The first-order chi connectivity index (χ1) is 8.86. The number of fused-ring (bicyclic) bond motifs is 1. The van der Waals surface area contributed by atoms with Gasteiger partial charge in [-0.3, -0.25) is 4.98 Å². The van der Waals surface area contributed by atoms with Gasteiger partial charge in [0.25, 0.3) is 0 Å². The van der Waals surface area contributed by atoms with Crippen molar-refractivity contribution in [1.82, 2.24) is 15.0 Å². The summed E-state index contributed by atoms with van der Waals surface area (Å²) in [4.78, 5) is 12.8. The number of pyridine rings is 1. The van der Waals surface area contributed by atoms with E-state index >= 15 is 0 Å². The van der Waals surface area contributed by atoms with Crippen molar-refractivity contribution in [3.63, 3.8) is 0 Å². The lowest BCUT2D eigenvalue weighted by atomic mass is 10.1. The first-order valence-corrected chi connectivity index (χ1v) is 5.51. The Hall–Kier alpha value is -2.53. The predicted octanol–water partition coefficient (Wildman–Crippen LogP) is 1.98. The minimum absolute atomic E-state index is 0.589. The third kappa shape index (κ3) is 1.87. The molecule has 5 heteroatoms. The number of nitrogen functional groups attached to an aromatic ring is 1. The Morgan fingerprint density at radius 1 is 1.00 bits per heavy atom. The van der Waals surface area contributed by atoms with Crippen LogP contribution in [0.25, 0.3) is 22.3 Å². The molecule has 5 nitrogen and oxygen atoms in total. The fourth-order valence-electron chi connectivity index (χ4n) is 1.79. The molecule has 2 heterocycles. The molecule has 0 atom stereocenters. The summed E-state index contributed by atoms with van der Waals surface area (Å²) < 4.78 is 0. The summed E-state index contributed by atoms with van der Waals surface area (Å²) >= 11 is 0. The van der Waals surface area contributed by atoms with Crippen LogP contribution in [0.5, 0.6) is 0 Å². The topological polar surface area (TPSA) is 76.7 Å². The summed E-state index contributed by atoms with van der Waals surface area (Å²) in [5, 5.41) is 1.06. The second kappa shape index (κ2) is 4.38. The number of nitrogens with zero attached hydrogens (tertiary/aromatic N) is 3. The molecular formula is C13H11N5. The molecule has 3 rings (SSSR count). The zero-order chi connectivity index (χ0) is 12.4. The van der Waals surface area contributed by atoms with Crippen molar-refractivity contribution in [2.45, 2.75) is 0 Å². The van der Waals surface area contributed by atoms with E-state index in [1.54, 1.807) is 18.5 Å². The summed E-state index contributed by atoms with van der Waals surface area (Å²) in [6.45, 7) is 0. The van der Waals surface area contributed by atoms with Crippen molar-refractivity contribution in [2.24, 2.45) is 5.84 Å². The maximum absolute atomic E-state index is 5.34. The zero-order valence-electron chi connectivity index (χ0n) is 9.54. The van der Waals surface area contributed by atoms with Crippen LogP contribution in [0.2, 0.25) is 0 Å². The number of benzene rings is 1. The summed E-state index contributed by atoms with van der Waals surface area (Å²) in [7, 11) is 0.